The molecular formula is C20H18FN3O3. The van der Waals surface area contributed by atoms with Crippen LogP contribution in [-0.4, -0.2) is 23.3 Å². The number of benzene rings is 2. The summed E-state index contributed by atoms with van der Waals surface area (Å²) in [5.41, 5.74) is 6.44. The van der Waals surface area contributed by atoms with Crippen LogP contribution in [0.15, 0.2) is 42.6 Å². The highest BCUT2D eigenvalue weighted by Gasteiger charge is 2.12. The highest BCUT2D eigenvalue weighted by molar-refractivity contribution is 5.88. The lowest BCUT2D eigenvalue weighted by Crippen LogP contribution is -2.01. The van der Waals surface area contributed by atoms with Crippen LogP contribution in [0.1, 0.15) is 18.4 Å². The number of hydrogen-bond donors (Lipinski definition) is 2. The van der Waals surface area contributed by atoms with Gasteiger partial charge in [0, 0.05) is 30.3 Å². The van der Waals surface area contributed by atoms with Gasteiger partial charge in [-0.05, 0) is 37.1 Å². The van der Waals surface area contributed by atoms with Crippen LogP contribution < -0.4 is 15.2 Å². The van der Waals surface area contributed by atoms with E-state index in [-0.39, 0.29) is 18.0 Å². The van der Waals surface area contributed by atoms with Crippen molar-refractivity contribution in [1.82, 2.24) is 4.98 Å². The number of halogens is 1. The molecule has 0 bridgehead atoms. The number of anilines is 1. The molecule has 0 saturated heterocycles. The zero-order valence-electron chi connectivity index (χ0n) is 14.5. The Morgan fingerprint density at radius 1 is 1.15 bits per heavy atom. The zero-order valence-corrected chi connectivity index (χ0v) is 14.5. The van der Waals surface area contributed by atoms with E-state index in [1.165, 1.54) is 12.1 Å². The van der Waals surface area contributed by atoms with Crippen molar-refractivity contribution >= 4 is 16.6 Å². The Bertz CT molecular complexity index is 1000. The Hall–Kier alpha value is -3.37. The van der Waals surface area contributed by atoms with Crippen LogP contribution in [0.5, 0.6) is 17.2 Å². The first-order valence-corrected chi connectivity index (χ1v) is 8.42. The molecule has 0 fully saturated rings. The van der Waals surface area contributed by atoms with Crippen molar-refractivity contribution in [3.05, 3.63) is 54.0 Å². The molecule has 0 saturated carbocycles. The molecule has 27 heavy (non-hydrogen) atoms. The molecule has 3 N–H and O–H groups in total. The van der Waals surface area contributed by atoms with Crippen LogP contribution in [0.3, 0.4) is 0 Å². The maximum Gasteiger partial charge on any atom is 0.149 e. The molecule has 0 amide bonds. The van der Waals surface area contributed by atoms with E-state index in [1.54, 1.807) is 30.5 Å². The Kier molecular flexibility index (Phi) is 5.69. The number of unbranched alkanes of at least 4 members (excludes halogenated alkanes) is 1. The van der Waals surface area contributed by atoms with Gasteiger partial charge in [-0.15, -0.1) is 0 Å². The third-order valence-electron chi connectivity index (χ3n) is 3.93. The van der Waals surface area contributed by atoms with E-state index in [4.69, 9.17) is 20.3 Å². The van der Waals surface area contributed by atoms with Gasteiger partial charge in [-0.2, -0.15) is 5.26 Å². The van der Waals surface area contributed by atoms with E-state index in [9.17, 15) is 9.65 Å². The number of aliphatic hydroxyl groups is 1. The number of nitrogens with two attached hydrogens (primary N) is 1. The highest BCUT2D eigenvalue weighted by Crippen LogP contribution is 2.33. The molecule has 7 heteroatoms. The van der Waals surface area contributed by atoms with Crippen molar-refractivity contribution in [2.45, 2.75) is 12.8 Å². The van der Waals surface area contributed by atoms with Crippen molar-refractivity contribution in [3.8, 4) is 23.3 Å². The van der Waals surface area contributed by atoms with Crippen molar-refractivity contribution in [2.24, 2.45) is 0 Å². The van der Waals surface area contributed by atoms with Crippen LogP contribution in [0.25, 0.3) is 10.9 Å². The summed E-state index contributed by atoms with van der Waals surface area (Å²) >= 11 is 0. The van der Waals surface area contributed by atoms with Crippen LogP contribution in [0.4, 0.5) is 10.1 Å². The number of aliphatic hydroxyl groups excluding tert-OH is 1. The number of nitrogens with zero attached hydrogens (tertiary/aromatic N) is 2. The van der Waals surface area contributed by atoms with E-state index in [0.717, 1.165) is 0 Å². The number of aromatic nitrogens is 1. The zero-order chi connectivity index (χ0) is 19.2. The molecule has 0 atom stereocenters. The van der Waals surface area contributed by atoms with Crippen LogP contribution in [0, 0.1) is 17.1 Å². The van der Waals surface area contributed by atoms with Gasteiger partial charge in [0.25, 0.3) is 0 Å². The SMILES string of the molecule is N#Cc1cc2c(Oc3ccc(N)c(F)c3)ccnc2cc1OCCCCO. The Balaban J connectivity index is 1.93. The molecule has 1 heterocycles. The minimum atomic E-state index is -0.567. The molecule has 0 aliphatic heterocycles. The van der Waals surface area contributed by atoms with E-state index in [2.05, 4.69) is 11.1 Å². The molecular weight excluding hydrogens is 349 g/mol. The molecule has 3 rings (SSSR count). The largest absolute Gasteiger partial charge is 0.492 e. The van der Waals surface area contributed by atoms with Gasteiger partial charge in [-0.25, -0.2) is 4.39 Å². The highest BCUT2D eigenvalue weighted by atomic mass is 19.1. The minimum absolute atomic E-state index is 0.0386. The quantitative estimate of drug-likeness (QED) is 0.487. The first-order chi connectivity index (χ1) is 13.1. The molecule has 0 aliphatic rings. The molecule has 0 radical (unpaired) electrons. The summed E-state index contributed by atoms with van der Waals surface area (Å²) in [6.07, 6.45) is 2.87. The molecule has 3 aromatic rings. The number of pyridine rings is 1. The minimum Gasteiger partial charge on any atom is -0.492 e. The molecule has 2 aromatic carbocycles. The van der Waals surface area contributed by atoms with E-state index < -0.39 is 5.82 Å². The lowest BCUT2D eigenvalue weighted by Gasteiger charge is -2.12. The number of fused-ring (bicyclic) bond motifs is 1. The first-order valence-electron chi connectivity index (χ1n) is 8.42. The average Bonchev–Trinajstić information content (AvgIpc) is 2.68. The van der Waals surface area contributed by atoms with E-state index in [0.29, 0.717) is 47.4 Å². The van der Waals surface area contributed by atoms with Gasteiger partial charge in [0.05, 0.1) is 23.4 Å². The summed E-state index contributed by atoms with van der Waals surface area (Å²) in [7, 11) is 0. The normalized spacial score (nSPS) is 10.6. The summed E-state index contributed by atoms with van der Waals surface area (Å²) in [4.78, 5) is 4.29. The number of hydrogen-bond acceptors (Lipinski definition) is 6. The molecule has 0 spiro atoms. The molecule has 138 valence electrons. The maximum absolute atomic E-state index is 13.6. The number of rotatable bonds is 7. The van der Waals surface area contributed by atoms with Gasteiger partial charge >= 0.3 is 0 Å². The van der Waals surface area contributed by atoms with Crippen molar-refractivity contribution < 1.29 is 19.0 Å². The van der Waals surface area contributed by atoms with Crippen LogP contribution >= 0.6 is 0 Å². The third-order valence-corrected chi connectivity index (χ3v) is 3.93. The van der Waals surface area contributed by atoms with Crippen molar-refractivity contribution in [2.75, 3.05) is 18.9 Å². The second-order valence-corrected chi connectivity index (χ2v) is 5.85. The number of nitrogen functional groups attached to an aromatic ring is 1. The summed E-state index contributed by atoms with van der Waals surface area (Å²) in [5.74, 6) is 0.581. The fourth-order valence-electron chi connectivity index (χ4n) is 2.54. The smallest absolute Gasteiger partial charge is 0.149 e. The maximum atomic E-state index is 13.6. The topological polar surface area (TPSA) is 101 Å². The van der Waals surface area contributed by atoms with Crippen LogP contribution in [0.2, 0.25) is 0 Å². The Labute approximate surface area is 155 Å². The number of ether oxygens (including phenoxy) is 2. The van der Waals surface area contributed by atoms with E-state index in [1.807, 2.05) is 0 Å². The van der Waals surface area contributed by atoms with Gasteiger partial charge in [0.2, 0.25) is 0 Å². The predicted molar refractivity (Wildman–Crippen MR) is 99.2 cm³/mol. The third kappa shape index (κ3) is 4.25. The fraction of sp³-hybridized carbons (Fsp3) is 0.200. The van der Waals surface area contributed by atoms with Gasteiger partial charge in [-0.1, -0.05) is 0 Å². The second kappa shape index (κ2) is 8.34. The lowest BCUT2D eigenvalue weighted by molar-refractivity contribution is 0.253. The number of nitriles is 1. The Morgan fingerprint density at radius 3 is 2.74 bits per heavy atom. The summed E-state index contributed by atoms with van der Waals surface area (Å²) in [6, 6.07) is 11.2. The molecule has 6 nitrogen and oxygen atoms in total. The standard InChI is InChI=1S/C20H18FN3O3/c21-16-10-14(3-4-17(16)23)27-19-5-6-24-18-11-20(26-8-2-1-7-25)13(12-22)9-15(18)19/h3-6,9-11,25H,1-2,7-8,23H2. The predicted octanol–water partition coefficient (Wildman–Crippen LogP) is 3.77. The van der Waals surface area contributed by atoms with Gasteiger partial charge in [0.1, 0.15) is 29.1 Å². The van der Waals surface area contributed by atoms with Gasteiger partial charge < -0.3 is 20.3 Å². The second-order valence-electron chi connectivity index (χ2n) is 5.85. The van der Waals surface area contributed by atoms with E-state index >= 15 is 0 Å². The van der Waals surface area contributed by atoms with Crippen LogP contribution in [-0.2, 0) is 0 Å². The van der Waals surface area contributed by atoms with Crippen molar-refractivity contribution in [3.63, 3.8) is 0 Å². The van der Waals surface area contributed by atoms with Crippen molar-refractivity contribution in [1.29, 1.82) is 5.26 Å². The molecule has 1 aromatic heterocycles. The fourth-order valence-corrected chi connectivity index (χ4v) is 2.54. The monoisotopic (exact) mass is 367 g/mol. The van der Waals surface area contributed by atoms with Gasteiger partial charge in [0.15, 0.2) is 0 Å². The summed E-state index contributed by atoms with van der Waals surface area (Å²) in [5, 5.41) is 18.9. The molecule has 0 unspecified atom stereocenters. The first kappa shape index (κ1) is 18.4. The average molecular weight is 367 g/mol. The lowest BCUT2D eigenvalue weighted by atomic mass is 10.1. The summed E-state index contributed by atoms with van der Waals surface area (Å²) < 4.78 is 25.1. The Morgan fingerprint density at radius 2 is 2.00 bits per heavy atom. The summed E-state index contributed by atoms with van der Waals surface area (Å²) in [6.45, 7) is 0.488. The molecule has 0 aliphatic carbocycles. The van der Waals surface area contributed by atoms with Gasteiger partial charge in [-0.3, -0.25) is 4.98 Å².